The highest BCUT2D eigenvalue weighted by Crippen LogP contribution is 2.39. The van der Waals surface area contributed by atoms with Crippen LogP contribution >= 0.6 is 0 Å². The van der Waals surface area contributed by atoms with Crippen LogP contribution in [0.25, 0.3) is 0 Å². The summed E-state index contributed by atoms with van der Waals surface area (Å²) in [4.78, 5) is 0. The molecule has 0 spiro atoms. The van der Waals surface area contributed by atoms with Gasteiger partial charge in [0.1, 0.15) is 0 Å². The van der Waals surface area contributed by atoms with E-state index in [2.05, 4.69) is 5.32 Å². The van der Waals surface area contributed by atoms with Gasteiger partial charge in [-0.15, -0.1) is 0 Å². The molecule has 0 aliphatic heterocycles. The molecule has 96 valence electrons. The van der Waals surface area contributed by atoms with Crippen LogP contribution in [-0.4, -0.2) is 25.3 Å². The Hall–Kier alpha value is -0.290. The van der Waals surface area contributed by atoms with E-state index in [0.717, 1.165) is 6.42 Å². The number of rotatable bonds is 4. The summed E-state index contributed by atoms with van der Waals surface area (Å²) in [5, 5.41) is 3.18. The number of hydrogen-bond acceptors (Lipinski definition) is 2. The quantitative estimate of drug-likeness (QED) is 0.788. The lowest BCUT2D eigenvalue weighted by molar-refractivity contribution is -0.185. The van der Waals surface area contributed by atoms with Crippen molar-refractivity contribution >= 4 is 0 Å². The van der Waals surface area contributed by atoms with Gasteiger partial charge in [-0.1, -0.05) is 6.42 Å². The van der Waals surface area contributed by atoms with Crippen molar-refractivity contribution < 1.29 is 13.2 Å². The molecule has 5 heteroatoms. The van der Waals surface area contributed by atoms with Crippen LogP contribution in [0.4, 0.5) is 13.2 Å². The largest absolute Gasteiger partial charge is 0.391 e. The minimum atomic E-state index is -4.02. The summed E-state index contributed by atoms with van der Waals surface area (Å²) in [6, 6.07) is 0.186. The lowest BCUT2D eigenvalue weighted by Gasteiger charge is -2.31. The zero-order chi connectivity index (χ0) is 12.2. The summed E-state index contributed by atoms with van der Waals surface area (Å²) in [5.74, 6) is -0.949. The normalized spacial score (nSPS) is 29.1. The second-order valence-corrected chi connectivity index (χ2v) is 4.82. The predicted molar refractivity (Wildman–Crippen MR) is 58.0 cm³/mol. The maximum atomic E-state index is 12.5. The summed E-state index contributed by atoms with van der Waals surface area (Å²) < 4.78 is 37.6. The molecule has 0 heterocycles. The van der Waals surface area contributed by atoms with Crippen molar-refractivity contribution in [3.8, 4) is 0 Å². The Labute approximate surface area is 94.8 Å². The predicted octanol–water partition coefficient (Wildman–Crippen LogP) is 2.29. The van der Waals surface area contributed by atoms with Gasteiger partial charge >= 0.3 is 6.18 Å². The van der Waals surface area contributed by atoms with Crippen LogP contribution in [0.2, 0.25) is 0 Å². The molecule has 1 aliphatic carbocycles. The second-order valence-electron chi connectivity index (χ2n) is 4.82. The van der Waals surface area contributed by atoms with Crippen LogP contribution in [0.1, 0.15) is 32.6 Å². The molecular weight excluding hydrogens is 217 g/mol. The number of hydrogen-bond donors (Lipinski definition) is 2. The molecule has 0 aromatic rings. The number of nitrogens with two attached hydrogens (primary N) is 1. The Morgan fingerprint density at radius 3 is 2.62 bits per heavy atom. The van der Waals surface area contributed by atoms with Gasteiger partial charge in [-0.2, -0.15) is 13.2 Å². The smallest absolute Gasteiger partial charge is 0.329 e. The first-order valence-corrected chi connectivity index (χ1v) is 5.93. The molecule has 0 bridgehead atoms. The van der Waals surface area contributed by atoms with Crippen molar-refractivity contribution in [3.63, 3.8) is 0 Å². The summed E-state index contributed by atoms with van der Waals surface area (Å²) in [6.45, 7) is 3.13. The van der Waals surface area contributed by atoms with Gasteiger partial charge in [0.2, 0.25) is 0 Å². The van der Waals surface area contributed by atoms with Crippen molar-refractivity contribution in [2.24, 2.45) is 17.6 Å². The molecule has 3 N–H and O–H groups in total. The third kappa shape index (κ3) is 4.29. The molecule has 0 amide bonds. The fourth-order valence-corrected chi connectivity index (χ4v) is 2.22. The van der Waals surface area contributed by atoms with E-state index in [1.165, 1.54) is 0 Å². The zero-order valence-electron chi connectivity index (χ0n) is 9.69. The third-order valence-corrected chi connectivity index (χ3v) is 3.35. The Morgan fingerprint density at radius 2 is 2.06 bits per heavy atom. The van der Waals surface area contributed by atoms with E-state index in [1.807, 2.05) is 6.92 Å². The molecule has 1 aliphatic rings. The Bertz CT molecular complexity index is 206. The molecule has 3 atom stereocenters. The molecule has 0 aromatic heterocycles. The van der Waals surface area contributed by atoms with Crippen molar-refractivity contribution in [2.75, 3.05) is 13.1 Å². The van der Waals surface area contributed by atoms with Gasteiger partial charge in [0.05, 0.1) is 5.92 Å². The fourth-order valence-electron chi connectivity index (χ4n) is 2.22. The summed E-state index contributed by atoms with van der Waals surface area (Å²) >= 11 is 0. The van der Waals surface area contributed by atoms with Crippen LogP contribution < -0.4 is 11.1 Å². The number of nitrogens with one attached hydrogen (secondary N) is 1. The van der Waals surface area contributed by atoms with Crippen LogP contribution in [0.3, 0.4) is 0 Å². The summed E-state index contributed by atoms with van der Waals surface area (Å²) in [6.07, 6.45) is -1.86. The van der Waals surface area contributed by atoms with Gasteiger partial charge in [-0.25, -0.2) is 0 Å². The first kappa shape index (κ1) is 13.8. The van der Waals surface area contributed by atoms with Crippen LogP contribution in [0.15, 0.2) is 0 Å². The van der Waals surface area contributed by atoms with Gasteiger partial charge in [-0.05, 0) is 38.6 Å². The molecule has 2 unspecified atom stereocenters. The average molecular weight is 238 g/mol. The molecule has 0 aromatic carbocycles. The second kappa shape index (κ2) is 5.87. The summed E-state index contributed by atoms with van der Waals surface area (Å²) in [7, 11) is 0. The van der Waals surface area contributed by atoms with Crippen LogP contribution in [0, 0.1) is 11.8 Å². The van der Waals surface area contributed by atoms with Gasteiger partial charge in [0, 0.05) is 12.6 Å². The van der Waals surface area contributed by atoms with E-state index in [-0.39, 0.29) is 18.4 Å². The molecular formula is C11H21F3N2. The van der Waals surface area contributed by atoms with Gasteiger partial charge in [0.25, 0.3) is 0 Å². The molecule has 1 fully saturated rings. The number of halogens is 3. The maximum Gasteiger partial charge on any atom is 0.391 e. The van der Waals surface area contributed by atoms with E-state index in [9.17, 15) is 13.2 Å². The summed E-state index contributed by atoms with van der Waals surface area (Å²) in [5.41, 5.74) is 5.44. The molecule has 1 rings (SSSR count). The first-order chi connectivity index (χ1) is 7.43. The van der Waals surface area contributed by atoms with Gasteiger partial charge in [-0.3, -0.25) is 0 Å². The molecule has 1 saturated carbocycles. The molecule has 0 radical (unpaired) electrons. The molecule has 16 heavy (non-hydrogen) atoms. The first-order valence-electron chi connectivity index (χ1n) is 5.93. The van der Waals surface area contributed by atoms with E-state index in [0.29, 0.717) is 25.9 Å². The molecule has 2 nitrogen and oxygen atoms in total. The van der Waals surface area contributed by atoms with E-state index in [4.69, 9.17) is 5.73 Å². The van der Waals surface area contributed by atoms with Crippen molar-refractivity contribution in [2.45, 2.75) is 44.8 Å². The highest BCUT2D eigenvalue weighted by molar-refractivity contribution is 4.79. The van der Waals surface area contributed by atoms with Crippen molar-refractivity contribution in [1.29, 1.82) is 0 Å². The van der Waals surface area contributed by atoms with Crippen molar-refractivity contribution in [1.82, 2.24) is 5.32 Å². The van der Waals surface area contributed by atoms with E-state index >= 15 is 0 Å². The van der Waals surface area contributed by atoms with Crippen molar-refractivity contribution in [3.05, 3.63) is 0 Å². The highest BCUT2D eigenvalue weighted by Gasteiger charge is 2.41. The highest BCUT2D eigenvalue weighted by atomic mass is 19.4. The Morgan fingerprint density at radius 1 is 1.38 bits per heavy atom. The zero-order valence-corrected chi connectivity index (χ0v) is 9.69. The molecule has 0 saturated heterocycles. The van der Waals surface area contributed by atoms with Gasteiger partial charge < -0.3 is 11.1 Å². The minimum Gasteiger partial charge on any atom is -0.329 e. The Balaban J connectivity index is 2.33. The van der Waals surface area contributed by atoms with E-state index in [1.54, 1.807) is 0 Å². The lowest BCUT2D eigenvalue weighted by atomic mass is 9.81. The Kier molecular flexibility index (Phi) is 5.05. The monoisotopic (exact) mass is 238 g/mol. The maximum absolute atomic E-state index is 12.5. The van der Waals surface area contributed by atoms with Gasteiger partial charge in [0.15, 0.2) is 0 Å². The van der Waals surface area contributed by atoms with Crippen LogP contribution in [0.5, 0.6) is 0 Å². The van der Waals surface area contributed by atoms with Crippen LogP contribution in [-0.2, 0) is 0 Å². The minimum absolute atomic E-state index is 0.148. The standard InChI is InChI=1S/C11H21F3N2/c1-8(6-15)16-7-9-3-2-4-10(5-9)11(12,13)14/h8-10,16H,2-7,15H2,1H3/t8-,9?,10?/m1/s1. The average Bonchev–Trinajstić information content (AvgIpc) is 2.25. The SMILES string of the molecule is C[C@H](CN)NCC1CCCC(C(F)(F)F)C1. The third-order valence-electron chi connectivity index (χ3n) is 3.35. The fraction of sp³-hybridized carbons (Fsp3) is 1.00. The van der Waals surface area contributed by atoms with E-state index < -0.39 is 12.1 Å². The topological polar surface area (TPSA) is 38.0 Å². The number of alkyl halides is 3. The lowest BCUT2D eigenvalue weighted by Crippen LogP contribution is -2.39.